The van der Waals surface area contributed by atoms with Crippen molar-refractivity contribution in [1.29, 1.82) is 0 Å². The van der Waals surface area contributed by atoms with Crippen LogP contribution in [0.1, 0.15) is 55.1 Å². The van der Waals surface area contributed by atoms with Gasteiger partial charge >= 0.3 is 0 Å². The highest BCUT2D eigenvalue weighted by Gasteiger charge is 2.30. The molecule has 1 saturated heterocycles. The lowest BCUT2D eigenvalue weighted by Crippen LogP contribution is -2.35. The molecule has 2 fully saturated rings. The molecule has 5 nitrogen and oxygen atoms in total. The molecule has 2 heterocycles. The maximum Gasteiger partial charge on any atom is 0.230 e. The fourth-order valence-electron chi connectivity index (χ4n) is 3.38. The van der Waals surface area contributed by atoms with Crippen molar-refractivity contribution in [3.63, 3.8) is 0 Å². The molecule has 0 spiro atoms. The summed E-state index contributed by atoms with van der Waals surface area (Å²) in [5, 5.41) is 19.6. The monoisotopic (exact) mass is 347 g/mol. The first kappa shape index (κ1) is 16.1. The van der Waals surface area contributed by atoms with Gasteiger partial charge in [-0.2, -0.15) is 0 Å². The molecule has 0 radical (unpaired) electrons. The standard InChI is InChI=1S/C18H22ClN3O2/c19-15-5-3-12(4-6-15)17(23)13-7-9-22(10-8-13)11-16-20-21-18(24-16)14-1-2-14/h3-6,13-14,17,23H,1-2,7-11H2/t17-/m1/s1. The van der Waals surface area contributed by atoms with E-state index in [1.807, 2.05) is 24.3 Å². The predicted octanol–water partition coefficient (Wildman–Crippen LogP) is 3.55. The van der Waals surface area contributed by atoms with E-state index in [9.17, 15) is 5.11 Å². The largest absolute Gasteiger partial charge is 0.424 e. The molecule has 1 aliphatic carbocycles. The van der Waals surface area contributed by atoms with Gasteiger partial charge < -0.3 is 9.52 Å². The van der Waals surface area contributed by atoms with Crippen molar-refractivity contribution in [3.05, 3.63) is 46.6 Å². The molecular weight excluding hydrogens is 326 g/mol. The molecule has 1 atom stereocenters. The Morgan fingerprint density at radius 3 is 2.50 bits per heavy atom. The van der Waals surface area contributed by atoms with Crippen molar-refractivity contribution in [2.24, 2.45) is 5.92 Å². The van der Waals surface area contributed by atoms with Crippen LogP contribution >= 0.6 is 11.6 Å². The third-order valence-electron chi connectivity index (χ3n) is 5.06. The summed E-state index contributed by atoms with van der Waals surface area (Å²) in [4.78, 5) is 2.33. The number of aliphatic hydroxyl groups excluding tert-OH is 1. The van der Waals surface area contributed by atoms with Crippen LogP contribution in [0.2, 0.25) is 5.02 Å². The molecule has 1 aliphatic heterocycles. The van der Waals surface area contributed by atoms with Crippen molar-refractivity contribution < 1.29 is 9.52 Å². The Morgan fingerprint density at radius 2 is 1.83 bits per heavy atom. The summed E-state index contributed by atoms with van der Waals surface area (Å²) < 4.78 is 5.74. The van der Waals surface area contributed by atoms with Crippen LogP contribution in [0.4, 0.5) is 0 Å². The van der Waals surface area contributed by atoms with Gasteiger partial charge in [0.2, 0.25) is 11.8 Å². The van der Waals surface area contributed by atoms with E-state index in [4.69, 9.17) is 16.0 Å². The molecule has 0 bridgehead atoms. The van der Waals surface area contributed by atoms with Gasteiger partial charge in [0, 0.05) is 10.9 Å². The summed E-state index contributed by atoms with van der Waals surface area (Å²) >= 11 is 5.92. The third kappa shape index (κ3) is 3.63. The second kappa shape index (κ2) is 6.82. The Kier molecular flexibility index (Phi) is 4.57. The highest BCUT2D eigenvalue weighted by Crippen LogP contribution is 2.39. The van der Waals surface area contributed by atoms with Gasteiger partial charge in [0.25, 0.3) is 0 Å². The number of likely N-dealkylation sites (tertiary alicyclic amines) is 1. The van der Waals surface area contributed by atoms with Crippen LogP contribution in [0, 0.1) is 5.92 Å². The van der Waals surface area contributed by atoms with Gasteiger partial charge in [-0.05, 0) is 62.4 Å². The van der Waals surface area contributed by atoms with E-state index in [2.05, 4.69) is 15.1 Å². The van der Waals surface area contributed by atoms with Crippen LogP contribution in [0.3, 0.4) is 0 Å². The second-order valence-corrected chi connectivity index (χ2v) is 7.35. The van der Waals surface area contributed by atoms with Crippen molar-refractivity contribution in [3.8, 4) is 0 Å². The Hall–Kier alpha value is -1.43. The molecule has 24 heavy (non-hydrogen) atoms. The van der Waals surface area contributed by atoms with Crippen LogP contribution < -0.4 is 0 Å². The molecule has 2 aromatic rings. The van der Waals surface area contributed by atoms with E-state index >= 15 is 0 Å². The highest BCUT2D eigenvalue weighted by atomic mass is 35.5. The van der Waals surface area contributed by atoms with Gasteiger partial charge in [-0.25, -0.2) is 0 Å². The van der Waals surface area contributed by atoms with Crippen LogP contribution in [0.5, 0.6) is 0 Å². The highest BCUT2D eigenvalue weighted by molar-refractivity contribution is 6.30. The summed E-state index contributed by atoms with van der Waals surface area (Å²) in [6, 6.07) is 7.50. The number of aliphatic hydroxyl groups is 1. The van der Waals surface area contributed by atoms with E-state index in [-0.39, 0.29) is 5.92 Å². The van der Waals surface area contributed by atoms with Gasteiger partial charge in [0.15, 0.2) is 0 Å². The fourth-order valence-corrected chi connectivity index (χ4v) is 3.50. The van der Waals surface area contributed by atoms with Crippen LogP contribution in [-0.2, 0) is 6.54 Å². The second-order valence-electron chi connectivity index (χ2n) is 6.92. The van der Waals surface area contributed by atoms with Crippen LogP contribution in [-0.4, -0.2) is 33.3 Å². The average Bonchev–Trinajstić information content (AvgIpc) is 3.36. The SMILES string of the molecule is O[C@H](c1ccc(Cl)cc1)C1CCN(Cc2nnc(C3CC3)o2)CC1. The average molecular weight is 348 g/mol. The summed E-state index contributed by atoms with van der Waals surface area (Å²) in [7, 11) is 0. The summed E-state index contributed by atoms with van der Waals surface area (Å²) in [6.07, 6.45) is 3.86. The van der Waals surface area contributed by atoms with Crippen LogP contribution in [0.25, 0.3) is 0 Å². The van der Waals surface area contributed by atoms with Crippen molar-refractivity contribution >= 4 is 11.6 Å². The minimum absolute atomic E-state index is 0.284. The number of halogens is 1. The van der Waals surface area contributed by atoms with Crippen molar-refractivity contribution in [2.45, 2.75) is 44.2 Å². The van der Waals surface area contributed by atoms with Crippen LogP contribution in [0.15, 0.2) is 28.7 Å². The first-order valence-electron chi connectivity index (χ1n) is 8.67. The molecule has 0 amide bonds. The van der Waals surface area contributed by atoms with Crippen molar-refractivity contribution in [1.82, 2.24) is 15.1 Å². The summed E-state index contributed by atoms with van der Waals surface area (Å²) in [6.45, 7) is 2.59. The van der Waals surface area contributed by atoms with Gasteiger partial charge in [0.05, 0.1) is 12.6 Å². The Morgan fingerprint density at radius 1 is 1.12 bits per heavy atom. The quantitative estimate of drug-likeness (QED) is 0.896. The maximum atomic E-state index is 10.6. The molecule has 1 aromatic heterocycles. The number of hydrogen-bond donors (Lipinski definition) is 1. The molecule has 1 saturated carbocycles. The smallest absolute Gasteiger partial charge is 0.230 e. The molecule has 6 heteroatoms. The van der Waals surface area contributed by atoms with E-state index < -0.39 is 6.10 Å². The van der Waals surface area contributed by atoms with Gasteiger partial charge in [-0.3, -0.25) is 4.90 Å². The van der Waals surface area contributed by atoms with E-state index in [0.717, 1.165) is 37.4 Å². The third-order valence-corrected chi connectivity index (χ3v) is 5.31. The number of aromatic nitrogens is 2. The van der Waals surface area contributed by atoms with E-state index in [1.165, 1.54) is 12.8 Å². The predicted molar refractivity (Wildman–Crippen MR) is 90.7 cm³/mol. The zero-order valence-corrected chi connectivity index (χ0v) is 14.3. The minimum atomic E-state index is -0.422. The van der Waals surface area contributed by atoms with E-state index in [1.54, 1.807) is 0 Å². The number of nitrogens with zero attached hydrogens (tertiary/aromatic N) is 3. The summed E-state index contributed by atoms with van der Waals surface area (Å²) in [5.41, 5.74) is 0.948. The number of benzene rings is 1. The normalized spacial score (nSPS) is 21.1. The lowest BCUT2D eigenvalue weighted by Gasteiger charge is -2.33. The minimum Gasteiger partial charge on any atom is -0.424 e. The lowest BCUT2D eigenvalue weighted by atomic mass is 9.87. The number of rotatable bonds is 5. The molecule has 4 rings (SSSR count). The number of piperidine rings is 1. The van der Waals surface area contributed by atoms with Gasteiger partial charge in [-0.15, -0.1) is 10.2 Å². The molecular formula is C18H22ClN3O2. The molecule has 1 N–H and O–H groups in total. The Labute approximate surface area is 146 Å². The van der Waals surface area contributed by atoms with Crippen molar-refractivity contribution in [2.75, 3.05) is 13.1 Å². The molecule has 128 valence electrons. The molecule has 2 aliphatic rings. The summed E-state index contributed by atoms with van der Waals surface area (Å²) in [5.74, 6) is 2.31. The fraction of sp³-hybridized carbons (Fsp3) is 0.556. The zero-order chi connectivity index (χ0) is 16.5. The lowest BCUT2D eigenvalue weighted by molar-refractivity contribution is 0.0543. The molecule has 0 unspecified atom stereocenters. The van der Waals surface area contributed by atoms with E-state index in [0.29, 0.717) is 23.4 Å². The first-order valence-corrected chi connectivity index (χ1v) is 9.05. The molecule has 1 aromatic carbocycles. The number of hydrogen-bond acceptors (Lipinski definition) is 5. The Balaban J connectivity index is 1.30. The van der Waals surface area contributed by atoms with Gasteiger partial charge in [0.1, 0.15) is 0 Å². The first-order chi connectivity index (χ1) is 11.7. The Bertz CT molecular complexity index is 676. The topological polar surface area (TPSA) is 62.4 Å². The zero-order valence-electron chi connectivity index (χ0n) is 13.6. The van der Waals surface area contributed by atoms with Gasteiger partial charge in [-0.1, -0.05) is 23.7 Å². The maximum absolute atomic E-state index is 10.6.